The summed E-state index contributed by atoms with van der Waals surface area (Å²) in [5.41, 5.74) is -3.55. The number of benzene rings is 1. The van der Waals surface area contributed by atoms with E-state index < -0.39 is 23.3 Å². The Morgan fingerprint density at radius 1 is 1.17 bits per heavy atom. The van der Waals surface area contributed by atoms with Crippen molar-refractivity contribution in [1.82, 2.24) is 0 Å². The number of halogens is 5. The van der Waals surface area contributed by atoms with E-state index in [4.69, 9.17) is 0 Å². The molecule has 2 rings (SSSR count). The Labute approximate surface area is 96.6 Å². The Kier molecular flexibility index (Phi) is 2.64. The van der Waals surface area contributed by atoms with Crippen LogP contribution in [0.3, 0.4) is 0 Å². The molecular formula is C11H4F5O2. The van der Waals surface area contributed by atoms with Crippen LogP contribution in [0, 0.1) is 6.07 Å². The molecule has 0 unspecified atom stereocenters. The van der Waals surface area contributed by atoms with Gasteiger partial charge in [-0.3, -0.25) is 0 Å². The standard InChI is InChI=1S/C11H4F5O2/c12-10(13,11(14,15)16)7-5-6-3-1-2-4-8(6)18-9(7)17/h1,3-5H. The summed E-state index contributed by atoms with van der Waals surface area (Å²) in [6.07, 6.45) is -5.85. The maximum Gasteiger partial charge on any atom is 0.458 e. The fourth-order valence-corrected chi connectivity index (χ4v) is 1.38. The van der Waals surface area contributed by atoms with E-state index in [1.165, 1.54) is 18.2 Å². The average molecular weight is 263 g/mol. The van der Waals surface area contributed by atoms with Crippen LogP contribution in [0.15, 0.2) is 33.5 Å². The predicted molar refractivity (Wildman–Crippen MR) is 51.3 cm³/mol. The summed E-state index contributed by atoms with van der Waals surface area (Å²) in [6.45, 7) is 0. The predicted octanol–water partition coefficient (Wildman–Crippen LogP) is 3.25. The highest BCUT2D eigenvalue weighted by atomic mass is 19.4. The van der Waals surface area contributed by atoms with Gasteiger partial charge in [-0.05, 0) is 18.2 Å². The third-order valence-electron chi connectivity index (χ3n) is 2.27. The molecule has 7 heteroatoms. The van der Waals surface area contributed by atoms with Gasteiger partial charge < -0.3 is 4.42 Å². The first-order chi connectivity index (χ1) is 8.23. The molecule has 0 saturated carbocycles. The zero-order valence-electron chi connectivity index (χ0n) is 8.52. The summed E-state index contributed by atoms with van der Waals surface area (Å²) in [4.78, 5) is 11.2. The van der Waals surface area contributed by atoms with Crippen molar-refractivity contribution in [2.24, 2.45) is 0 Å². The second-order valence-corrected chi connectivity index (χ2v) is 3.48. The molecule has 1 heterocycles. The second-order valence-electron chi connectivity index (χ2n) is 3.48. The molecule has 0 fully saturated rings. The van der Waals surface area contributed by atoms with Crippen molar-refractivity contribution in [2.45, 2.75) is 12.1 Å². The van der Waals surface area contributed by atoms with Crippen LogP contribution in [0.25, 0.3) is 11.0 Å². The Morgan fingerprint density at radius 3 is 2.44 bits per heavy atom. The SMILES string of the molecule is O=c1oc2c[c]ccc2cc1C(F)(F)C(F)(F)F. The first-order valence-corrected chi connectivity index (χ1v) is 4.62. The number of alkyl halides is 5. The summed E-state index contributed by atoms with van der Waals surface area (Å²) in [5, 5.41) is -0.0349. The Morgan fingerprint density at radius 2 is 1.83 bits per heavy atom. The molecule has 0 N–H and O–H groups in total. The number of hydrogen-bond acceptors (Lipinski definition) is 2. The molecule has 18 heavy (non-hydrogen) atoms. The van der Waals surface area contributed by atoms with Crippen molar-refractivity contribution in [1.29, 1.82) is 0 Å². The zero-order chi connectivity index (χ0) is 13.6. The molecule has 1 aromatic carbocycles. The van der Waals surface area contributed by atoms with Gasteiger partial charge in [0.2, 0.25) is 0 Å². The van der Waals surface area contributed by atoms with E-state index in [1.807, 2.05) is 0 Å². The van der Waals surface area contributed by atoms with Gasteiger partial charge in [-0.15, -0.1) is 0 Å². The maximum atomic E-state index is 13.1. The third kappa shape index (κ3) is 1.85. The van der Waals surface area contributed by atoms with E-state index >= 15 is 0 Å². The van der Waals surface area contributed by atoms with E-state index in [1.54, 1.807) is 0 Å². The van der Waals surface area contributed by atoms with E-state index in [0.29, 0.717) is 6.07 Å². The molecule has 0 atom stereocenters. The number of rotatable bonds is 1. The van der Waals surface area contributed by atoms with Gasteiger partial charge in [-0.2, -0.15) is 22.0 Å². The zero-order valence-corrected chi connectivity index (χ0v) is 8.52. The molecule has 2 aromatic rings. The van der Waals surface area contributed by atoms with E-state index in [0.717, 1.165) is 0 Å². The van der Waals surface area contributed by atoms with Gasteiger partial charge in [0.1, 0.15) is 11.1 Å². The first kappa shape index (κ1) is 12.5. The van der Waals surface area contributed by atoms with Crippen LogP contribution in [-0.4, -0.2) is 6.18 Å². The highest BCUT2D eigenvalue weighted by Gasteiger charge is 2.60. The van der Waals surface area contributed by atoms with Gasteiger partial charge >= 0.3 is 17.7 Å². The Balaban J connectivity index is 2.73. The Hall–Kier alpha value is -1.92. The molecule has 1 radical (unpaired) electrons. The topological polar surface area (TPSA) is 30.2 Å². The van der Waals surface area contributed by atoms with E-state index in [9.17, 15) is 26.7 Å². The van der Waals surface area contributed by atoms with Crippen LogP contribution in [0.5, 0.6) is 0 Å². The van der Waals surface area contributed by atoms with Crippen LogP contribution in [0.1, 0.15) is 5.56 Å². The second kappa shape index (κ2) is 3.79. The van der Waals surface area contributed by atoms with Crippen molar-refractivity contribution in [3.8, 4) is 0 Å². The normalized spacial score (nSPS) is 12.9. The Bertz CT molecular complexity index is 642. The minimum atomic E-state index is -5.85. The quantitative estimate of drug-likeness (QED) is 0.584. The molecule has 0 bridgehead atoms. The number of fused-ring (bicyclic) bond motifs is 1. The minimum absolute atomic E-state index is 0.0349. The van der Waals surface area contributed by atoms with Crippen molar-refractivity contribution >= 4 is 11.0 Å². The van der Waals surface area contributed by atoms with Gasteiger partial charge in [-0.1, -0.05) is 12.1 Å². The highest BCUT2D eigenvalue weighted by Crippen LogP contribution is 2.42. The number of hydrogen-bond donors (Lipinski definition) is 0. The van der Waals surface area contributed by atoms with Crippen LogP contribution in [0.2, 0.25) is 0 Å². The molecule has 0 aliphatic carbocycles. The van der Waals surface area contributed by atoms with Crippen LogP contribution >= 0.6 is 0 Å². The fourth-order valence-electron chi connectivity index (χ4n) is 1.38. The van der Waals surface area contributed by atoms with Crippen LogP contribution in [-0.2, 0) is 5.92 Å². The lowest BCUT2D eigenvalue weighted by atomic mass is 10.1. The van der Waals surface area contributed by atoms with Gasteiger partial charge in [0.05, 0.1) is 0 Å². The van der Waals surface area contributed by atoms with Crippen LogP contribution < -0.4 is 5.63 Å². The summed E-state index contributed by atoms with van der Waals surface area (Å²) in [7, 11) is 0. The maximum absolute atomic E-state index is 13.1. The van der Waals surface area contributed by atoms with Crippen molar-refractivity contribution in [2.75, 3.05) is 0 Å². The lowest BCUT2D eigenvalue weighted by Crippen LogP contribution is -2.37. The summed E-state index contributed by atoms with van der Waals surface area (Å²) < 4.78 is 67.0. The summed E-state index contributed by atoms with van der Waals surface area (Å²) >= 11 is 0. The lowest BCUT2D eigenvalue weighted by Gasteiger charge is -2.18. The summed E-state index contributed by atoms with van der Waals surface area (Å²) in [5.74, 6) is -5.25. The molecule has 2 nitrogen and oxygen atoms in total. The molecule has 0 saturated heterocycles. The molecule has 0 spiro atoms. The highest BCUT2D eigenvalue weighted by molar-refractivity contribution is 5.76. The molecule has 1 aromatic heterocycles. The van der Waals surface area contributed by atoms with Crippen molar-refractivity contribution < 1.29 is 26.4 Å². The smallest absolute Gasteiger partial charge is 0.422 e. The minimum Gasteiger partial charge on any atom is -0.422 e. The summed E-state index contributed by atoms with van der Waals surface area (Å²) in [6, 6.07) is 6.68. The van der Waals surface area contributed by atoms with Gasteiger partial charge in [0.25, 0.3) is 0 Å². The van der Waals surface area contributed by atoms with Gasteiger partial charge in [0.15, 0.2) is 0 Å². The molecule has 0 aliphatic rings. The monoisotopic (exact) mass is 263 g/mol. The third-order valence-corrected chi connectivity index (χ3v) is 2.27. The molecule has 95 valence electrons. The lowest BCUT2D eigenvalue weighted by molar-refractivity contribution is -0.290. The van der Waals surface area contributed by atoms with Crippen molar-refractivity contribution in [3.63, 3.8) is 0 Å². The average Bonchev–Trinajstić information content (AvgIpc) is 2.26. The fraction of sp³-hybridized carbons (Fsp3) is 0.182. The molecule has 0 amide bonds. The van der Waals surface area contributed by atoms with Crippen LogP contribution in [0.4, 0.5) is 22.0 Å². The molecular weight excluding hydrogens is 259 g/mol. The van der Waals surface area contributed by atoms with Crippen molar-refractivity contribution in [3.05, 3.63) is 46.3 Å². The van der Waals surface area contributed by atoms with E-state index in [-0.39, 0.29) is 11.0 Å². The largest absolute Gasteiger partial charge is 0.458 e. The van der Waals surface area contributed by atoms with Gasteiger partial charge in [-0.25, -0.2) is 4.79 Å². The first-order valence-electron chi connectivity index (χ1n) is 4.62. The molecule has 0 aliphatic heterocycles. The van der Waals surface area contributed by atoms with Gasteiger partial charge in [0, 0.05) is 5.39 Å². The van der Waals surface area contributed by atoms with E-state index in [2.05, 4.69) is 10.5 Å².